The Morgan fingerprint density at radius 2 is 2.37 bits per heavy atom. The Balaban J connectivity index is 1.78. The Morgan fingerprint density at radius 1 is 1.47 bits per heavy atom. The number of benzene rings is 1. The quantitative estimate of drug-likeness (QED) is 0.804. The molecule has 0 saturated heterocycles. The van der Waals surface area contributed by atoms with Gasteiger partial charge in [0.15, 0.2) is 0 Å². The van der Waals surface area contributed by atoms with Gasteiger partial charge in [0.05, 0.1) is 0 Å². The summed E-state index contributed by atoms with van der Waals surface area (Å²) in [6.45, 7) is 2.60. The maximum atomic E-state index is 11.6. The number of H-pyrrole nitrogens is 1. The van der Waals surface area contributed by atoms with Crippen molar-refractivity contribution in [2.45, 2.75) is 13.3 Å². The van der Waals surface area contributed by atoms with Gasteiger partial charge >= 0.3 is 0 Å². The third-order valence-corrected chi connectivity index (χ3v) is 2.69. The molecule has 0 saturated carbocycles. The average Bonchev–Trinajstić information content (AvgIpc) is 2.90. The first-order chi connectivity index (χ1) is 9.24. The minimum Gasteiger partial charge on any atom is -0.352 e. The van der Waals surface area contributed by atoms with Gasteiger partial charge in [-0.25, -0.2) is 4.98 Å². The predicted octanol–water partition coefficient (Wildman–Crippen LogP) is 2.09. The molecule has 0 spiro atoms. The molecule has 0 atom stereocenters. The lowest BCUT2D eigenvalue weighted by Gasteiger charge is -2.00. The van der Waals surface area contributed by atoms with Gasteiger partial charge in [-0.05, 0) is 18.6 Å². The van der Waals surface area contributed by atoms with Crippen LogP contribution >= 0.6 is 0 Å². The fourth-order valence-corrected chi connectivity index (χ4v) is 1.74. The topological polar surface area (TPSA) is 57.8 Å². The summed E-state index contributed by atoms with van der Waals surface area (Å²) in [5.41, 5.74) is 2.21. The van der Waals surface area contributed by atoms with Gasteiger partial charge in [0.2, 0.25) is 5.91 Å². The largest absolute Gasteiger partial charge is 0.352 e. The Labute approximate surface area is 112 Å². The van der Waals surface area contributed by atoms with E-state index in [9.17, 15) is 4.79 Å². The first-order valence-corrected chi connectivity index (χ1v) is 6.25. The maximum absolute atomic E-state index is 11.6. The second-order valence-electron chi connectivity index (χ2n) is 4.32. The van der Waals surface area contributed by atoms with Crippen LogP contribution in [-0.2, 0) is 11.2 Å². The summed E-state index contributed by atoms with van der Waals surface area (Å²) in [5.74, 6) is 0.788. The highest BCUT2D eigenvalue weighted by molar-refractivity contribution is 5.91. The molecular weight excluding hydrogens is 238 g/mol. The van der Waals surface area contributed by atoms with Gasteiger partial charge in [0, 0.05) is 31.4 Å². The molecule has 2 rings (SSSR count). The maximum Gasteiger partial charge on any atom is 0.244 e. The highest BCUT2D eigenvalue weighted by Crippen LogP contribution is 2.05. The van der Waals surface area contributed by atoms with Crippen LogP contribution in [-0.4, -0.2) is 22.4 Å². The van der Waals surface area contributed by atoms with Crippen molar-refractivity contribution in [1.29, 1.82) is 0 Å². The SMILES string of the molecule is Cc1cccc(/C=C/C(=O)NCCc2ncc[nH]2)c1. The van der Waals surface area contributed by atoms with Crippen LogP contribution < -0.4 is 5.32 Å². The van der Waals surface area contributed by atoms with E-state index in [1.807, 2.05) is 37.3 Å². The minimum atomic E-state index is -0.0898. The smallest absolute Gasteiger partial charge is 0.244 e. The molecule has 0 radical (unpaired) electrons. The third kappa shape index (κ3) is 4.43. The number of aromatic amines is 1. The lowest BCUT2D eigenvalue weighted by Crippen LogP contribution is -2.23. The van der Waals surface area contributed by atoms with Crippen molar-refractivity contribution in [1.82, 2.24) is 15.3 Å². The standard InChI is InChI=1S/C15H17N3O/c1-12-3-2-4-13(11-12)5-6-15(19)18-8-7-14-16-9-10-17-14/h2-6,9-11H,7-8H2,1H3,(H,16,17)(H,18,19)/b6-5+. The Hall–Kier alpha value is -2.36. The molecule has 98 valence electrons. The van der Waals surface area contributed by atoms with Crippen molar-refractivity contribution in [3.8, 4) is 0 Å². The molecule has 1 heterocycles. The molecule has 4 heteroatoms. The Morgan fingerprint density at radius 3 is 3.11 bits per heavy atom. The number of aromatic nitrogens is 2. The zero-order valence-corrected chi connectivity index (χ0v) is 10.9. The summed E-state index contributed by atoms with van der Waals surface area (Å²) in [6, 6.07) is 8.01. The fourth-order valence-electron chi connectivity index (χ4n) is 1.74. The molecule has 1 amide bonds. The lowest BCUT2D eigenvalue weighted by atomic mass is 10.1. The summed E-state index contributed by atoms with van der Waals surface area (Å²) in [5, 5.41) is 2.82. The molecule has 0 unspecified atom stereocenters. The molecule has 1 aromatic carbocycles. The van der Waals surface area contributed by atoms with Crippen LogP contribution in [0.15, 0.2) is 42.7 Å². The average molecular weight is 255 g/mol. The fraction of sp³-hybridized carbons (Fsp3) is 0.200. The number of aryl methyl sites for hydroxylation is 1. The van der Waals surface area contributed by atoms with Crippen molar-refractivity contribution in [3.63, 3.8) is 0 Å². The first-order valence-electron chi connectivity index (χ1n) is 6.25. The zero-order valence-electron chi connectivity index (χ0n) is 10.9. The van der Waals surface area contributed by atoms with E-state index < -0.39 is 0 Å². The van der Waals surface area contributed by atoms with Crippen LogP contribution in [0.1, 0.15) is 17.0 Å². The highest BCUT2D eigenvalue weighted by atomic mass is 16.1. The molecule has 2 aromatic rings. The third-order valence-electron chi connectivity index (χ3n) is 2.69. The molecule has 0 aliphatic rings. The van der Waals surface area contributed by atoms with E-state index in [0.29, 0.717) is 13.0 Å². The second kappa shape index (κ2) is 6.54. The van der Waals surface area contributed by atoms with Crippen LogP contribution in [0.2, 0.25) is 0 Å². The zero-order chi connectivity index (χ0) is 13.5. The highest BCUT2D eigenvalue weighted by Gasteiger charge is 1.97. The van der Waals surface area contributed by atoms with Crippen molar-refractivity contribution < 1.29 is 4.79 Å². The van der Waals surface area contributed by atoms with E-state index in [1.54, 1.807) is 18.5 Å². The van der Waals surface area contributed by atoms with Crippen molar-refractivity contribution in [2.75, 3.05) is 6.54 Å². The molecule has 0 aliphatic heterocycles. The minimum absolute atomic E-state index is 0.0898. The van der Waals surface area contributed by atoms with Crippen LogP contribution in [0.25, 0.3) is 6.08 Å². The molecular formula is C15H17N3O. The summed E-state index contributed by atoms with van der Waals surface area (Å²) in [7, 11) is 0. The van der Waals surface area contributed by atoms with E-state index in [-0.39, 0.29) is 5.91 Å². The van der Waals surface area contributed by atoms with Crippen LogP contribution in [0, 0.1) is 6.92 Å². The molecule has 2 N–H and O–H groups in total. The molecule has 1 aromatic heterocycles. The number of carbonyl (C=O) groups is 1. The first kappa shape index (κ1) is 13.1. The summed E-state index contributed by atoms with van der Waals surface area (Å²) in [4.78, 5) is 18.7. The van der Waals surface area contributed by atoms with Gasteiger partial charge in [-0.3, -0.25) is 4.79 Å². The number of carbonyl (C=O) groups excluding carboxylic acids is 1. The molecule has 0 aliphatic carbocycles. The predicted molar refractivity (Wildman–Crippen MR) is 75.5 cm³/mol. The second-order valence-corrected chi connectivity index (χ2v) is 4.32. The van der Waals surface area contributed by atoms with Crippen molar-refractivity contribution in [3.05, 3.63) is 59.7 Å². The van der Waals surface area contributed by atoms with Gasteiger partial charge in [-0.15, -0.1) is 0 Å². The number of imidazole rings is 1. The summed E-state index contributed by atoms with van der Waals surface area (Å²) >= 11 is 0. The lowest BCUT2D eigenvalue weighted by molar-refractivity contribution is -0.116. The Bertz CT molecular complexity index is 559. The van der Waals surface area contributed by atoms with Crippen LogP contribution in [0.3, 0.4) is 0 Å². The molecule has 19 heavy (non-hydrogen) atoms. The van der Waals surface area contributed by atoms with E-state index in [2.05, 4.69) is 15.3 Å². The molecule has 0 bridgehead atoms. The van der Waals surface area contributed by atoms with Gasteiger partial charge in [0.25, 0.3) is 0 Å². The van der Waals surface area contributed by atoms with Crippen molar-refractivity contribution in [2.24, 2.45) is 0 Å². The number of amides is 1. The number of nitrogens with one attached hydrogen (secondary N) is 2. The van der Waals surface area contributed by atoms with E-state index in [0.717, 1.165) is 11.4 Å². The number of nitrogens with zero attached hydrogens (tertiary/aromatic N) is 1. The van der Waals surface area contributed by atoms with Crippen LogP contribution in [0.4, 0.5) is 0 Å². The van der Waals surface area contributed by atoms with E-state index in [1.165, 1.54) is 5.56 Å². The van der Waals surface area contributed by atoms with Crippen molar-refractivity contribution >= 4 is 12.0 Å². The van der Waals surface area contributed by atoms with E-state index >= 15 is 0 Å². The summed E-state index contributed by atoms with van der Waals surface area (Å²) in [6.07, 6.45) is 7.55. The number of hydrogen-bond donors (Lipinski definition) is 2. The summed E-state index contributed by atoms with van der Waals surface area (Å²) < 4.78 is 0. The normalized spacial score (nSPS) is 10.8. The van der Waals surface area contributed by atoms with Gasteiger partial charge < -0.3 is 10.3 Å². The van der Waals surface area contributed by atoms with Crippen LogP contribution in [0.5, 0.6) is 0 Å². The molecule has 0 fully saturated rings. The van der Waals surface area contributed by atoms with Gasteiger partial charge in [-0.2, -0.15) is 0 Å². The van der Waals surface area contributed by atoms with Gasteiger partial charge in [-0.1, -0.05) is 29.8 Å². The molecule has 4 nitrogen and oxygen atoms in total. The van der Waals surface area contributed by atoms with E-state index in [4.69, 9.17) is 0 Å². The monoisotopic (exact) mass is 255 g/mol. The Kier molecular flexibility index (Phi) is 4.50. The number of hydrogen-bond acceptors (Lipinski definition) is 2. The van der Waals surface area contributed by atoms with Gasteiger partial charge in [0.1, 0.15) is 5.82 Å². The number of rotatable bonds is 5.